The number of aryl methyl sites for hydroxylation is 1. The van der Waals surface area contributed by atoms with Gasteiger partial charge >= 0.3 is 0 Å². The summed E-state index contributed by atoms with van der Waals surface area (Å²) in [6.07, 6.45) is 2.36. The van der Waals surface area contributed by atoms with E-state index in [0.29, 0.717) is 41.2 Å². The van der Waals surface area contributed by atoms with Crippen LogP contribution in [0.3, 0.4) is 0 Å². The first kappa shape index (κ1) is 25.5. The molecule has 3 heterocycles. The van der Waals surface area contributed by atoms with Crippen molar-refractivity contribution in [3.05, 3.63) is 35.5 Å². The molecule has 0 radical (unpaired) electrons. The van der Waals surface area contributed by atoms with E-state index in [4.69, 9.17) is 4.98 Å². The van der Waals surface area contributed by atoms with Crippen LogP contribution in [0.1, 0.15) is 57.5 Å². The molecule has 1 fully saturated rings. The quantitative estimate of drug-likeness (QED) is 0.529. The normalized spacial score (nSPS) is 19.7. The van der Waals surface area contributed by atoms with Crippen LogP contribution >= 0.6 is 0 Å². The predicted octanol–water partition coefficient (Wildman–Crippen LogP) is 3.45. The van der Waals surface area contributed by atoms with Gasteiger partial charge in [0.2, 0.25) is 16.0 Å². The van der Waals surface area contributed by atoms with E-state index in [1.807, 2.05) is 45.3 Å². The highest BCUT2D eigenvalue weighted by atomic mass is 32.2. The molecular formula is C24H33FN6O3S. The summed E-state index contributed by atoms with van der Waals surface area (Å²) in [7, 11) is -3.37. The zero-order valence-corrected chi connectivity index (χ0v) is 21.8. The SMILES string of the molecule is Cc1nc2c(F)cc(-c3nc(NC4CCN(S(C)(=O)=O)C[C@H]4O)ncc3C(C)C)cc2n1C(C)C. The lowest BCUT2D eigenvalue weighted by Gasteiger charge is -2.34. The van der Waals surface area contributed by atoms with E-state index in [2.05, 4.69) is 15.3 Å². The summed E-state index contributed by atoms with van der Waals surface area (Å²) < 4.78 is 42.1. The maximum Gasteiger partial charge on any atom is 0.223 e. The Balaban J connectivity index is 1.72. The van der Waals surface area contributed by atoms with Gasteiger partial charge in [-0.25, -0.2) is 27.8 Å². The first-order valence-electron chi connectivity index (χ1n) is 11.8. The van der Waals surface area contributed by atoms with Gasteiger partial charge in [-0.2, -0.15) is 4.31 Å². The Kier molecular flexibility index (Phi) is 6.87. The van der Waals surface area contributed by atoms with Crippen molar-refractivity contribution >= 4 is 27.0 Å². The summed E-state index contributed by atoms with van der Waals surface area (Å²) in [5.41, 5.74) is 3.14. The molecule has 0 spiro atoms. The molecule has 190 valence electrons. The lowest BCUT2D eigenvalue weighted by molar-refractivity contribution is 0.0950. The molecule has 4 rings (SSSR count). The number of anilines is 1. The van der Waals surface area contributed by atoms with Crippen LogP contribution in [-0.2, 0) is 10.0 Å². The van der Waals surface area contributed by atoms with E-state index in [0.717, 1.165) is 17.6 Å². The Morgan fingerprint density at radius 2 is 1.91 bits per heavy atom. The van der Waals surface area contributed by atoms with Crippen LogP contribution in [0.15, 0.2) is 18.3 Å². The third-order valence-corrected chi connectivity index (χ3v) is 7.75. The fourth-order valence-corrected chi connectivity index (χ4v) is 5.57. The van der Waals surface area contributed by atoms with Crippen LogP contribution < -0.4 is 5.32 Å². The van der Waals surface area contributed by atoms with E-state index in [1.165, 1.54) is 10.4 Å². The second-order valence-electron chi connectivity index (χ2n) is 9.83. The van der Waals surface area contributed by atoms with Gasteiger partial charge in [0.15, 0.2) is 5.82 Å². The summed E-state index contributed by atoms with van der Waals surface area (Å²) in [6.45, 7) is 10.3. The summed E-state index contributed by atoms with van der Waals surface area (Å²) >= 11 is 0. The van der Waals surface area contributed by atoms with Crippen LogP contribution in [0.5, 0.6) is 0 Å². The number of halogens is 1. The van der Waals surface area contributed by atoms with Crippen molar-refractivity contribution < 1.29 is 17.9 Å². The molecule has 1 aromatic carbocycles. The van der Waals surface area contributed by atoms with Gasteiger partial charge in [0, 0.05) is 30.9 Å². The maximum atomic E-state index is 15.2. The Morgan fingerprint density at radius 1 is 1.20 bits per heavy atom. The maximum absolute atomic E-state index is 15.2. The number of fused-ring (bicyclic) bond motifs is 1. The van der Waals surface area contributed by atoms with Crippen molar-refractivity contribution in [2.24, 2.45) is 0 Å². The average Bonchev–Trinajstić information content (AvgIpc) is 3.10. The lowest BCUT2D eigenvalue weighted by Crippen LogP contribution is -2.51. The molecule has 2 N–H and O–H groups in total. The molecule has 0 amide bonds. The largest absolute Gasteiger partial charge is 0.390 e. The first-order chi connectivity index (χ1) is 16.4. The third kappa shape index (κ3) is 5.03. The number of aliphatic hydroxyl groups excluding tert-OH is 1. The van der Waals surface area contributed by atoms with E-state index in [-0.39, 0.29) is 18.5 Å². The number of rotatable bonds is 6. The number of hydrogen-bond donors (Lipinski definition) is 2. The number of piperidine rings is 1. The second kappa shape index (κ2) is 9.44. The first-order valence-corrected chi connectivity index (χ1v) is 13.7. The Morgan fingerprint density at radius 3 is 2.51 bits per heavy atom. The van der Waals surface area contributed by atoms with Gasteiger partial charge in [-0.1, -0.05) is 13.8 Å². The van der Waals surface area contributed by atoms with Crippen molar-refractivity contribution in [3.63, 3.8) is 0 Å². The number of aromatic nitrogens is 4. The number of β-amino-alcohol motifs (C(OH)–C–C–N with tert-alkyl or cyclic N) is 1. The molecule has 9 nitrogen and oxygen atoms in total. The number of nitrogens with one attached hydrogen (secondary N) is 1. The number of aliphatic hydroxyl groups is 1. The molecule has 11 heteroatoms. The summed E-state index contributed by atoms with van der Waals surface area (Å²) in [4.78, 5) is 13.6. The molecular weight excluding hydrogens is 471 g/mol. The minimum atomic E-state index is -3.37. The number of hydrogen-bond acceptors (Lipinski definition) is 7. The molecule has 35 heavy (non-hydrogen) atoms. The summed E-state index contributed by atoms with van der Waals surface area (Å²) in [5, 5.41) is 13.7. The van der Waals surface area contributed by atoms with Gasteiger partial charge in [-0.05, 0) is 50.8 Å². The van der Waals surface area contributed by atoms with Crippen molar-refractivity contribution in [3.8, 4) is 11.3 Å². The van der Waals surface area contributed by atoms with E-state index < -0.39 is 28.0 Å². The predicted molar refractivity (Wildman–Crippen MR) is 134 cm³/mol. The minimum absolute atomic E-state index is 0.00779. The molecule has 1 aliphatic rings. The van der Waals surface area contributed by atoms with Crippen molar-refractivity contribution in [1.82, 2.24) is 23.8 Å². The van der Waals surface area contributed by atoms with Gasteiger partial charge in [0.25, 0.3) is 0 Å². The fourth-order valence-electron chi connectivity index (χ4n) is 4.71. The van der Waals surface area contributed by atoms with Crippen molar-refractivity contribution in [2.75, 3.05) is 24.7 Å². The Labute approximate surface area is 205 Å². The average molecular weight is 505 g/mol. The smallest absolute Gasteiger partial charge is 0.223 e. The van der Waals surface area contributed by atoms with Crippen LogP contribution in [0.25, 0.3) is 22.3 Å². The molecule has 0 saturated carbocycles. The van der Waals surface area contributed by atoms with E-state index >= 15 is 4.39 Å². The standard InChI is InChI=1S/C24H33FN6O3S/c1-13(2)17-11-26-24(28-19-7-8-30(12-21(19)32)35(6,33)34)29-22(17)16-9-18(25)23-20(10-16)31(14(3)4)15(5)27-23/h9-11,13-14,19,21,32H,7-8,12H2,1-6H3,(H,26,28,29)/t19?,21-/m1/s1. The summed E-state index contributed by atoms with van der Waals surface area (Å²) in [6, 6.07) is 3.07. The highest BCUT2D eigenvalue weighted by molar-refractivity contribution is 7.88. The van der Waals surface area contributed by atoms with Gasteiger partial charge in [0.05, 0.1) is 29.6 Å². The second-order valence-corrected chi connectivity index (χ2v) is 11.8. The monoisotopic (exact) mass is 504 g/mol. The van der Waals surface area contributed by atoms with Gasteiger partial charge in [-0.3, -0.25) is 0 Å². The molecule has 0 bridgehead atoms. The molecule has 1 saturated heterocycles. The molecule has 2 atom stereocenters. The minimum Gasteiger partial charge on any atom is -0.390 e. The van der Waals surface area contributed by atoms with Gasteiger partial charge < -0.3 is 15.0 Å². The van der Waals surface area contributed by atoms with Crippen LogP contribution in [0.4, 0.5) is 10.3 Å². The highest BCUT2D eigenvalue weighted by Crippen LogP contribution is 2.33. The number of benzene rings is 1. The van der Waals surface area contributed by atoms with Gasteiger partial charge in [-0.15, -0.1) is 0 Å². The number of nitrogens with zero attached hydrogens (tertiary/aromatic N) is 5. The van der Waals surface area contributed by atoms with Crippen LogP contribution in [0, 0.1) is 12.7 Å². The van der Waals surface area contributed by atoms with E-state index in [9.17, 15) is 13.5 Å². The topological polar surface area (TPSA) is 113 Å². The molecule has 2 aromatic heterocycles. The molecule has 3 aromatic rings. The van der Waals surface area contributed by atoms with Gasteiger partial charge in [0.1, 0.15) is 11.3 Å². The van der Waals surface area contributed by atoms with Crippen LogP contribution in [0.2, 0.25) is 0 Å². The Hall–Kier alpha value is -2.63. The van der Waals surface area contributed by atoms with Crippen molar-refractivity contribution in [1.29, 1.82) is 0 Å². The zero-order chi connectivity index (χ0) is 25.7. The van der Waals surface area contributed by atoms with Crippen LogP contribution in [-0.4, -0.2) is 68.8 Å². The van der Waals surface area contributed by atoms with E-state index in [1.54, 1.807) is 6.20 Å². The number of imidazole rings is 1. The molecule has 0 aliphatic carbocycles. The highest BCUT2D eigenvalue weighted by Gasteiger charge is 2.32. The third-order valence-electron chi connectivity index (χ3n) is 6.48. The Bertz CT molecular complexity index is 1360. The fraction of sp³-hybridized carbons (Fsp3) is 0.542. The summed E-state index contributed by atoms with van der Waals surface area (Å²) in [5.74, 6) is 0.731. The number of sulfonamides is 1. The molecule has 1 aliphatic heterocycles. The zero-order valence-electron chi connectivity index (χ0n) is 20.9. The molecule has 1 unspecified atom stereocenters. The van der Waals surface area contributed by atoms with Crippen molar-refractivity contribution in [2.45, 2.75) is 65.1 Å². The lowest BCUT2D eigenvalue weighted by atomic mass is 9.98.